The van der Waals surface area contributed by atoms with Crippen LogP contribution in [0, 0.1) is 5.92 Å². The van der Waals surface area contributed by atoms with E-state index in [1.165, 1.54) is 0 Å². The number of rotatable bonds is 2. The zero-order valence-electron chi connectivity index (χ0n) is 7.73. The van der Waals surface area contributed by atoms with Crippen molar-refractivity contribution in [3.63, 3.8) is 0 Å². The molecule has 0 aromatic heterocycles. The highest BCUT2D eigenvalue weighted by atomic mass is 32.2. The molecule has 1 aliphatic rings. The summed E-state index contributed by atoms with van der Waals surface area (Å²) in [7, 11) is -3.49. The molecule has 14 heavy (non-hydrogen) atoms. The van der Waals surface area contributed by atoms with Gasteiger partial charge >= 0.3 is 0 Å². The van der Waals surface area contributed by atoms with Crippen LogP contribution in [-0.4, -0.2) is 49.7 Å². The van der Waals surface area contributed by atoms with Gasteiger partial charge in [-0.3, -0.25) is 0 Å². The van der Waals surface area contributed by atoms with Gasteiger partial charge in [0.05, 0.1) is 12.4 Å². The van der Waals surface area contributed by atoms with Gasteiger partial charge in [0.1, 0.15) is 0 Å². The number of piperidine rings is 1. The fourth-order valence-electron chi connectivity index (χ4n) is 1.52. The van der Waals surface area contributed by atoms with Crippen molar-refractivity contribution in [2.45, 2.75) is 19.0 Å². The number of nitrogens with zero attached hydrogens (tertiary/aromatic N) is 1. The van der Waals surface area contributed by atoms with E-state index < -0.39 is 28.5 Å². The minimum atomic E-state index is -3.49. The van der Waals surface area contributed by atoms with Crippen LogP contribution in [0.3, 0.4) is 0 Å². The van der Waals surface area contributed by atoms with Crippen LogP contribution in [0.4, 0.5) is 8.78 Å². The fourth-order valence-corrected chi connectivity index (χ4v) is 2.43. The van der Waals surface area contributed by atoms with E-state index in [1.54, 1.807) is 0 Å². The van der Waals surface area contributed by atoms with Crippen molar-refractivity contribution < 1.29 is 22.3 Å². The number of aliphatic hydroxyl groups is 1. The number of halogens is 2. The van der Waals surface area contributed by atoms with E-state index in [0.717, 1.165) is 10.6 Å². The molecule has 0 aliphatic carbocycles. The Morgan fingerprint density at radius 3 is 2.43 bits per heavy atom. The van der Waals surface area contributed by atoms with Crippen molar-refractivity contribution in [3.8, 4) is 0 Å². The summed E-state index contributed by atoms with van der Waals surface area (Å²) < 4.78 is 47.7. The normalized spacial score (nSPS) is 30.9. The second-order valence-corrected chi connectivity index (χ2v) is 5.55. The number of β-amino-alcohol motifs (C(OH)–C–C–N with tert-alkyl or cyclic N) is 1. The predicted molar refractivity (Wildman–Crippen MR) is 46.5 cm³/mol. The lowest BCUT2D eigenvalue weighted by Crippen LogP contribution is -2.47. The van der Waals surface area contributed by atoms with E-state index >= 15 is 0 Å². The molecule has 0 unspecified atom stereocenters. The maximum absolute atomic E-state index is 12.3. The summed E-state index contributed by atoms with van der Waals surface area (Å²) in [5.41, 5.74) is 0. The maximum atomic E-state index is 12.3. The Balaban J connectivity index is 2.73. The van der Waals surface area contributed by atoms with E-state index in [0.29, 0.717) is 0 Å². The second-order valence-electron chi connectivity index (χ2n) is 3.56. The van der Waals surface area contributed by atoms with Crippen molar-refractivity contribution in [1.82, 2.24) is 4.31 Å². The number of hydrogen-bond donors (Lipinski definition) is 1. The summed E-state index contributed by atoms with van der Waals surface area (Å²) in [4.78, 5) is 0. The lowest BCUT2D eigenvalue weighted by Gasteiger charge is -2.33. The summed E-state index contributed by atoms with van der Waals surface area (Å²) in [5, 5.41) is 9.22. The van der Waals surface area contributed by atoms with Crippen LogP contribution in [0.25, 0.3) is 0 Å². The first-order valence-corrected chi connectivity index (χ1v) is 6.07. The Morgan fingerprint density at radius 2 is 2.00 bits per heavy atom. The molecule has 84 valence electrons. The molecule has 0 aromatic rings. The molecule has 0 aromatic carbocycles. The van der Waals surface area contributed by atoms with Crippen molar-refractivity contribution in [2.24, 2.45) is 5.92 Å². The topological polar surface area (TPSA) is 57.6 Å². The Bertz CT molecular complexity index is 293. The van der Waals surface area contributed by atoms with Gasteiger partial charge in [0.25, 0.3) is 0 Å². The first-order chi connectivity index (χ1) is 6.30. The monoisotopic (exact) mass is 229 g/mol. The van der Waals surface area contributed by atoms with Gasteiger partial charge in [-0.1, -0.05) is 0 Å². The average Bonchev–Trinajstić information content (AvgIpc) is 2.01. The molecule has 0 bridgehead atoms. The van der Waals surface area contributed by atoms with Gasteiger partial charge in [0, 0.05) is 19.0 Å². The minimum Gasteiger partial charge on any atom is -0.392 e. The fraction of sp³-hybridized carbons (Fsp3) is 1.00. The molecule has 0 saturated carbocycles. The molecule has 0 amide bonds. The predicted octanol–water partition coefficient (Wildman–Crippen LogP) is -0.106. The first kappa shape index (κ1) is 11.8. The number of alkyl halides is 2. The van der Waals surface area contributed by atoms with Gasteiger partial charge in [-0.25, -0.2) is 17.2 Å². The lowest BCUT2D eigenvalue weighted by atomic mass is 9.98. The van der Waals surface area contributed by atoms with Crippen molar-refractivity contribution in [2.75, 3.05) is 19.3 Å². The number of hydrogen-bond acceptors (Lipinski definition) is 3. The van der Waals surface area contributed by atoms with Crippen LogP contribution in [0.2, 0.25) is 0 Å². The highest BCUT2D eigenvalue weighted by Crippen LogP contribution is 2.24. The summed E-state index contributed by atoms with van der Waals surface area (Å²) >= 11 is 0. The quantitative estimate of drug-likeness (QED) is 0.719. The molecule has 1 heterocycles. The van der Waals surface area contributed by atoms with Crippen LogP contribution in [0.5, 0.6) is 0 Å². The standard InChI is InChI=1S/C7H13F2NO3S/c1-14(12,13)10-3-5(7(8)9)2-6(11)4-10/h5-7,11H,2-4H2,1H3/t5-,6+/m1/s1. The van der Waals surface area contributed by atoms with E-state index in [4.69, 9.17) is 0 Å². The third kappa shape index (κ3) is 2.86. The van der Waals surface area contributed by atoms with Crippen LogP contribution >= 0.6 is 0 Å². The summed E-state index contributed by atoms with van der Waals surface area (Å²) in [6, 6.07) is 0. The van der Waals surface area contributed by atoms with Gasteiger partial charge < -0.3 is 5.11 Å². The van der Waals surface area contributed by atoms with Crippen molar-refractivity contribution in [3.05, 3.63) is 0 Å². The highest BCUT2D eigenvalue weighted by molar-refractivity contribution is 7.88. The van der Waals surface area contributed by atoms with Crippen LogP contribution in [-0.2, 0) is 10.0 Å². The first-order valence-electron chi connectivity index (χ1n) is 4.22. The molecule has 1 rings (SSSR count). The molecular formula is C7H13F2NO3S. The van der Waals surface area contributed by atoms with Crippen molar-refractivity contribution >= 4 is 10.0 Å². The van der Waals surface area contributed by atoms with Crippen LogP contribution < -0.4 is 0 Å². The van der Waals surface area contributed by atoms with E-state index in [2.05, 4.69) is 0 Å². The van der Waals surface area contributed by atoms with Crippen LogP contribution in [0.15, 0.2) is 0 Å². The Hall–Kier alpha value is -0.270. The Morgan fingerprint density at radius 1 is 1.43 bits per heavy atom. The average molecular weight is 229 g/mol. The Labute approximate surface area is 81.6 Å². The smallest absolute Gasteiger partial charge is 0.242 e. The number of aliphatic hydroxyl groups excluding tert-OH is 1. The van der Waals surface area contributed by atoms with Gasteiger partial charge in [-0.05, 0) is 6.42 Å². The molecular weight excluding hydrogens is 216 g/mol. The largest absolute Gasteiger partial charge is 0.392 e. The Kier molecular flexibility index (Phi) is 3.44. The third-order valence-electron chi connectivity index (χ3n) is 2.25. The molecule has 7 heteroatoms. The number of sulfonamides is 1. The zero-order chi connectivity index (χ0) is 10.9. The molecule has 4 nitrogen and oxygen atoms in total. The molecule has 1 aliphatic heterocycles. The molecule has 0 spiro atoms. The maximum Gasteiger partial charge on any atom is 0.242 e. The van der Waals surface area contributed by atoms with Gasteiger partial charge in [0.2, 0.25) is 16.4 Å². The third-order valence-corrected chi connectivity index (χ3v) is 3.49. The van der Waals surface area contributed by atoms with E-state index in [1.807, 2.05) is 0 Å². The van der Waals surface area contributed by atoms with Gasteiger partial charge in [0.15, 0.2) is 0 Å². The molecule has 0 radical (unpaired) electrons. The molecule has 2 atom stereocenters. The minimum absolute atomic E-state index is 0.0380. The molecule has 1 fully saturated rings. The van der Waals surface area contributed by atoms with E-state index in [-0.39, 0.29) is 19.5 Å². The second kappa shape index (κ2) is 4.08. The summed E-state index contributed by atoms with van der Waals surface area (Å²) in [6.07, 6.45) is -2.66. The summed E-state index contributed by atoms with van der Waals surface area (Å²) in [6.45, 7) is -0.282. The van der Waals surface area contributed by atoms with Crippen LogP contribution in [0.1, 0.15) is 6.42 Å². The SMILES string of the molecule is CS(=O)(=O)N1C[C@@H](O)C[C@@H](C(F)F)C1. The van der Waals surface area contributed by atoms with Gasteiger partial charge in [-0.15, -0.1) is 0 Å². The van der Waals surface area contributed by atoms with Gasteiger partial charge in [-0.2, -0.15) is 4.31 Å². The van der Waals surface area contributed by atoms with Crippen molar-refractivity contribution in [1.29, 1.82) is 0 Å². The molecule has 1 N–H and O–H groups in total. The summed E-state index contributed by atoms with van der Waals surface area (Å²) in [5.74, 6) is -1.06. The zero-order valence-corrected chi connectivity index (χ0v) is 8.54. The highest BCUT2D eigenvalue weighted by Gasteiger charge is 2.35. The van der Waals surface area contributed by atoms with E-state index in [9.17, 15) is 22.3 Å². The lowest BCUT2D eigenvalue weighted by molar-refractivity contribution is -0.00236. The molecule has 1 saturated heterocycles.